The van der Waals surface area contributed by atoms with E-state index in [1.807, 2.05) is 19.1 Å². The van der Waals surface area contributed by atoms with Crippen molar-refractivity contribution < 1.29 is 28.7 Å². The van der Waals surface area contributed by atoms with Crippen LogP contribution in [0.15, 0.2) is 24.3 Å². The molecule has 3 amide bonds. The highest BCUT2D eigenvalue weighted by Crippen LogP contribution is 2.23. The molecule has 10 heteroatoms. The summed E-state index contributed by atoms with van der Waals surface area (Å²) in [6, 6.07) is 5.30. The molecule has 0 bridgehead atoms. The van der Waals surface area contributed by atoms with Gasteiger partial charge in [-0.1, -0.05) is 29.8 Å². The normalized spacial score (nSPS) is 12.8. The van der Waals surface area contributed by atoms with Gasteiger partial charge in [0.1, 0.15) is 17.7 Å². The molecule has 2 atom stereocenters. The van der Waals surface area contributed by atoms with Crippen molar-refractivity contribution in [2.75, 3.05) is 25.4 Å². The van der Waals surface area contributed by atoms with E-state index in [1.165, 1.54) is 4.90 Å². The topological polar surface area (TPSA) is 114 Å². The Bertz CT molecular complexity index is 855. The summed E-state index contributed by atoms with van der Waals surface area (Å²) < 4.78 is 10.2. The van der Waals surface area contributed by atoms with Crippen molar-refractivity contribution in [3.8, 4) is 0 Å². The molecular weight excluding hydrogens is 458 g/mol. The maximum absolute atomic E-state index is 13.4. The average molecular weight is 496 g/mol. The standard InChI is InChI=1S/C24H37N3O6S/c1-7-27(22(30)18(15-34)26-23(31)33-24(4,5)6)20(17-11-9-10-16(3)14-17)21(29)25-13-12-19(28)32-8-2/h9-11,14,18,20,34H,7-8,12-13,15H2,1-6H3,(H,25,29)(H,26,31). The number of esters is 1. The van der Waals surface area contributed by atoms with E-state index in [0.29, 0.717) is 5.56 Å². The molecule has 1 aromatic carbocycles. The molecule has 0 saturated carbocycles. The third-order valence-electron chi connectivity index (χ3n) is 4.65. The van der Waals surface area contributed by atoms with Gasteiger partial charge in [-0.3, -0.25) is 14.4 Å². The lowest BCUT2D eigenvalue weighted by atomic mass is 10.0. The van der Waals surface area contributed by atoms with Crippen LogP contribution in [0.4, 0.5) is 4.79 Å². The number of amides is 3. The predicted octanol–water partition coefficient (Wildman–Crippen LogP) is 2.78. The van der Waals surface area contributed by atoms with Gasteiger partial charge in [-0.05, 0) is 47.1 Å². The number of rotatable bonds is 11. The minimum Gasteiger partial charge on any atom is -0.466 e. The Balaban J connectivity index is 3.15. The number of carbonyl (C=O) groups is 4. The Kier molecular flexibility index (Phi) is 11.9. The van der Waals surface area contributed by atoms with E-state index < -0.39 is 41.6 Å². The van der Waals surface area contributed by atoms with Crippen LogP contribution in [-0.2, 0) is 23.9 Å². The first-order valence-electron chi connectivity index (χ1n) is 11.3. The monoisotopic (exact) mass is 495 g/mol. The van der Waals surface area contributed by atoms with Crippen molar-refractivity contribution in [1.82, 2.24) is 15.5 Å². The predicted molar refractivity (Wildman–Crippen MR) is 133 cm³/mol. The van der Waals surface area contributed by atoms with Crippen molar-refractivity contribution in [2.24, 2.45) is 0 Å². The summed E-state index contributed by atoms with van der Waals surface area (Å²) in [6.45, 7) is 11.0. The Morgan fingerprint density at radius 2 is 1.82 bits per heavy atom. The van der Waals surface area contributed by atoms with Gasteiger partial charge in [-0.15, -0.1) is 0 Å². The van der Waals surface area contributed by atoms with E-state index in [1.54, 1.807) is 46.8 Å². The number of alkyl carbamates (subject to hydrolysis) is 1. The van der Waals surface area contributed by atoms with E-state index in [0.717, 1.165) is 5.56 Å². The van der Waals surface area contributed by atoms with E-state index in [2.05, 4.69) is 23.3 Å². The van der Waals surface area contributed by atoms with E-state index in [9.17, 15) is 19.2 Å². The van der Waals surface area contributed by atoms with Gasteiger partial charge in [0, 0.05) is 18.8 Å². The minimum atomic E-state index is -1.00. The number of hydrogen-bond donors (Lipinski definition) is 3. The second kappa shape index (κ2) is 13.8. The molecule has 1 aromatic rings. The highest BCUT2D eigenvalue weighted by atomic mass is 32.1. The Labute approximate surface area is 207 Å². The fourth-order valence-corrected chi connectivity index (χ4v) is 3.48. The fourth-order valence-electron chi connectivity index (χ4n) is 3.23. The SMILES string of the molecule is CCOC(=O)CCNC(=O)C(c1cccc(C)c1)N(CC)C(=O)C(CS)NC(=O)OC(C)(C)C. The van der Waals surface area contributed by atoms with Crippen LogP contribution in [0.2, 0.25) is 0 Å². The zero-order valence-corrected chi connectivity index (χ0v) is 21.7. The summed E-state index contributed by atoms with van der Waals surface area (Å²) in [5.41, 5.74) is 0.795. The lowest BCUT2D eigenvalue weighted by Crippen LogP contribution is -2.53. The van der Waals surface area contributed by atoms with Crippen molar-refractivity contribution in [3.63, 3.8) is 0 Å². The first-order valence-corrected chi connectivity index (χ1v) is 12.0. The summed E-state index contributed by atoms with van der Waals surface area (Å²) in [4.78, 5) is 51.9. The zero-order valence-electron chi connectivity index (χ0n) is 20.8. The van der Waals surface area contributed by atoms with Gasteiger partial charge in [0.25, 0.3) is 0 Å². The molecule has 0 aliphatic carbocycles. The highest BCUT2D eigenvalue weighted by molar-refractivity contribution is 7.80. The van der Waals surface area contributed by atoms with Crippen LogP contribution in [-0.4, -0.2) is 65.9 Å². The molecule has 0 fully saturated rings. The molecular formula is C24H37N3O6S. The average Bonchev–Trinajstić information content (AvgIpc) is 2.74. The van der Waals surface area contributed by atoms with Crippen LogP contribution >= 0.6 is 12.6 Å². The first-order chi connectivity index (χ1) is 15.9. The smallest absolute Gasteiger partial charge is 0.408 e. The number of ether oxygens (including phenoxy) is 2. The van der Waals surface area contributed by atoms with Gasteiger partial charge < -0.3 is 25.0 Å². The first kappa shape index (κ1) is 29.3. The molecule has 0 aromatic heterocycles. The summed E-state index contributed by atoms with van der Waals surface area (Å²) in [7, 11) is 0. The van der Waals surface area contributed by atoms with Gasteiger partial charge in [0.15, 0.2) is 0 Å². The molecule has 2 N–H and O–H groups in total. The van der Waals surface area contributed by atoms with Gasteiger partial charge in [0.05, 0.1) is 13.0 Å². The van der Waals surface area contributed by atoms with Crippen LogP contribution in [0.25, 0.3) is 0 Å². The van der Waals surface area contributed by atoms with Crippen LogP contribution in [0, 0.1) is 6.92 Å². The summed E-state index contributed by atoms with van der Waals surface area (Å²) in [5.74, 6) is -1.33. The lowest BCUT2D eigenvalue weighted by Gasteiger charge is -2.33. The Hall–Kier alpha value is -2.75. The zero-order chi connectivity index (χ0) is 25.9. The Morgan fingerprint density at radius 3 is 2.35 bits per heavy atom. The third kappa shape index (κ3) is 9.62. The minimum absolute atomic E-state index is 0.0135. The second-order valence-electron chi connectivity index (χ2n) is 8.67. The van der Waals surface area contributed by atoms with Crippen molar-refractivity contribution in [1.29, 1.82) is 0 Å². The Morgan fingerprint density at radius 1 is 1.15 bits per heavy atom. The summed E-state index contributed by atoms with van der Waals surface area (Å²) in [6.07, 6.45) is -0.735. The van der Waals surface area contributed by atoms with Crippen LogP contribution < -0.4 is 10.6 Å². The van der Waals surface area contributed by atoms with Gasteiger partial charge >= 0.3 is 12.1 Å². The lowest BCUT2D eigenvalue weighted by molar-refractivity contribution is -0.144. The molecule has 0 radical (unpaired) electrons. The number of likely N-dealkylation sites (N-methyl/N-ethyl adjacent to an activating group) is 1. The van der Waals surface area contributed by atoms with Gasteiger partial charge in [0.2, 0.25) is 11.8 Å². The second-order valence-corrected chi connectivity index (χ2v) is 9.03. The number of nitrogens with zero attached hydrogens (tertiary/aromatic N) is 1. The van der Waals surface area contributed by atoms with Crippen molar-refractivity contribution in [3.05, 3.63) is 35.4 Å². The van der Waals surface area contributed by atoms with Gasteiger partial charge in [-0.25, -0.2) is 4.79 Å². The number of hydrogen-bond acceptors (Lipinski definition) is 7. The number of nitrogens with one attached hydrogen (secondary N) is 2. The van der Waals surface area contributed by atoms with Crippen LogP contribution in [0.5, 0.6) is 0 Å². The summed E-state index contributed by atoms with van der Waals surface area (Å²) in [5, 5.41) is 5.27. The number of benzene rings is 1. The molecule has 0 aliphatic heterocycles. The largest absolute Gasteiger partial charge is 0.466 e. The molecule has 2 unspecified atom stereocenters. The van der Waals surface area contributed by atoms with Crippen molar-refractivity contribution >= 4 is 36.5 Å². The van der Waals surface area contributed by atoms with E-state index in [-0.39, 0.29) is 31.9 Å². The number of thiol groups is 1. The number of carbonyl (C=O) groups excluding carboxylic acids is 4. The molecule has 34 heavy (non-hydrogen) atoms. The maximum atomic E-state index is 13.4. The molecule has 0 aliphatic rings. The summed E-state index contributed by atoms with van der Waals surface area (Å²) >= 11 is 4.23. The quantitative estimate of drug-likeness (QED) is 0.321. The van der Waals surface area contributed by atoms with Crippen molar-refractivity contribution in [2.45, 2.75) is 65.6 Å². The molecule has 0 heterocycles. The molecule has 0 spiro atoms. The van der Waals surface area contributed by atoms with Crippen LogP contribution in [0.1, 0.15) is 58.2 Å². The fraction of sp³-hybridized carbons (Fsp3) is 0.583. The maximum Gasteiger partial charge on any atom is 0.408 e. The molecule has 190 valence electrons. The van der Waals surface area contributed by atoms with E-state index >= 15 is 0 Å². The third-order valence-corrected chi connectivity index (χ3v) is 5.01. The molecule has 0 saturated heterocycles. The molecule has 1 rings (SSSR count). The number of aryl methyl sites for hydroxylation is 1. The van der Waals surface area contributed by atoms with E-state index in [4.69, 9.17) is 9.47 Å². The van der Waals surface area contributed by atoms with Gasteiger partial charge in [-0.2, -0.15) is 12.6 Å². The van der Waals surface area contributed by atoms with Crippen LogP contribution in [0.3, 0.4) is 0 Å². The highest BCUT2D eigenvalue weighted by Gasteiger charge is 2.35. The molecule has 9 nitrogen and oxygen atoms in total.